The standard InChI is InChI=1S/C27H31NO3/c1-3-20-30-21-25(26(29)31-4-2)28-27(22-14-8-5-9-15-22,23-16-10-6-11-17-23)24-18-12-7-13-19-24/h5-19,25,28H,3-4,20-21H2,1-2H3/t25-/m0/s1. The van der Waals surface area contributed by atoms with Crippen molar-refractivity contribution in [3.05, 3.63) is 108 Å². The Morgan fingerprint density at radius 3 is 1.65 bits per heavy atom. The number of carbonyl (C=O) groups is 1. The van der Waals surface area contributed by atoms with Crippen LogP contribution in [-0.2, 0) is 19.8 Å². The highest BCUT2D eigenvalue weighted by molar-refractivity contribution is 5.76. The Labute approximate surface area is 185 Å². The summed E-state index contributed by atoms with van der Waals surface area (Å²) in [5.74, 6) is -0.314. The van der Waals surface area contributed by atoms with Crippen LogP contribution in [0.2, 0.25) is 0 Å². The summed E-state index contributed by atoms with van der Waals surface area (Å²) in [6, 6.07) is 30.0. The van der Waals surface area contributed by atoms with E-state index in [9.17, 15) is 4.79 Å². The molecule has 0 spiro atoms. The van der Waals surface area contributed by atoms with Gasteiger partial charge in [0.15, 0.2) is 0 Å². The highest BCUT2D eigenvalue weighted by Gasteiger charge is 2.40. The normalized spacial score (nSPS) is 12.3. The van der Waals surface area contributed by atoms with Crippen molar-refractivity contribution in [2.75, 3.05) is 19.8 Å². The summed E-state index contributed by atoms with van der Waals surface area (Å²) >= 11 is 0. The average molecular weight is 418 g/mol. The van der Waals surface area contributed by atoms with Gasteiger partial charge in [-0.2, -0.15) is 0 Å². The minimum absolute atomic E-state index is 0.237. The number of hydrogen-bond donors (Lipinski definition) is 1. The first-order chi connectivity index (χ1) is 15.2. The molecule has 0 aliphatic carbocycles. The quantitative estimate of drug-likeness (QED) is 0.273. The van der Waals surface area contributed by atoms with Gasteiger partial charge in [0, 0.05) is 6.61 Å². The van der Waals surface area contributed by atoms with E-state index < -0.39 is 11.6 Å². The summed E-state index contributed by atoms with van der Waals surface area (Å²) in [7, 11) is 0. The molecule has 1 N–H and O–H groups in total. The third kappa shape index (κ3) is 5.40. The van der Waals surface area contributed by atoms with E-state index in [0.717, 1.165) is 23.1 Å². The predicted molar refractivity (Wildman–Crippen MR) is 124 cm³/mol. The fourth-order valence-electron chi connectivity index (χ4n) is 3.83. The smallest absolute Gasteiger partial charge is 0.325 e. The molecule has 162 valence electrons. The highest BCUT2D eigenvalue weighted by Crippen LogP contribution is 2.37. The van der Waals surface area contributed by atoms with Crippen LogP contribution in [0.25, 0.3) is 0 Å². The van der Waals surface area contributed by atoms with Crippen LogP contribution in [0.3, 0.4) is 0 Å². The molecule has 0 heterocycles. The maximum Gasteiger partial charge on any atom is 0.325 e. The van der Waals surface area contributed by atoms with E-state index in [4.69, 9.17) is 9.47 Å². The Morgan fingerprint density at radius 2 is 1.26 bits per heavy atom. The fraction of sp³-hybridized carbons (Fsp3) is 0.296. The third-order valence-electron chi connectivity index (χ3n) is 5.22. The zero-order valence-corrected chi connectivity index (χ0v) is 18.3. The zero-order chi connectivity index (χ0) is 21.9. The first kappa shape index (κ1) is 22.7. The third-order valence-corrected chi connectivity index (χ3v) is 5.22. The number of ether oxygens (including phenoxy) is 2. The lowest BCUT2D eigenvalue weighted by molar-refractivity contribution is -0.147. The molecule has 4 heteroatoms. The largest absolute Gasteiger partial charge is 0.465 e. The van der Waals surface area contributed by atoms with E-state index >= 15 is 0 Å². The molecule has 1 atom stereocenters. The number of nitrogens with one attached hydrogen (secondary N) is 1. The van der Waals surface area contributed by atoms with Gasteiger partial charge in [0.2, 0.25) is 0 Å². The van der Waals surface area contributed by atoms with Gasteiger partial charge in [0.05, 0.1) is 18.8 Å². The molecule has 0 aliphatic rings. The minimum Gasteiger partial charge on any atom is -0.465 e. The number of rotatable bonds is 11. The van der Waals surface area contributed by atoms with E-state index in [1.54, 1.807) is 0 Å². The van der Waals surface area contributed by atoms with E-state index in [0.29, 0.717) is 13.2 Å². The van der Waals surface area contributed by atoms with Crippen molar-refractivity contribution in [2.24, 2.45) is 0 Å². The van der Waals surface area contributed by atoms with Gasteiger partial charge in [0.1, 0.15) is 6.04 Å². The topological polar surface area (TPSA) is 47.6 Å². The maximum atomic E-state index is 12.9. The molecule has 0 saturated carbocycles. The molecule has 0 bridgehead atoms. The van der Waals surface area contributed by atoms with E-state index in [1.807, 2.05) is 61.5 Å². The predicted octanol–water partition coefficient (Wildman–Crippen LogP) is 4.93. The van der Waals surface area contributed by atoms with Gasteiger partial charge in [-0.05, 0) is 30.0 Å². The second-order valence-electron chi connectivity index (χ2n) is 7.37. The molecule has 0 unspecified atom stereocenters. The molecule has 3 rings (SSSR count). The van der Waals surface area contributed by atoms with Crippen LogP contribution in [0.4, 0.5) is 0 Å². The van der Waals surface area contributed by atoms with Gasteiger partial charge < -0.3 is 9.47 Å². The van der Waals surface area contributed by atoms with Crippen LogP contribution >= 0.6 is 0 Å². The molecule has 3 aromatic carbocycles. The van der Waals surface area contributed by atoms with Crippen molar-refractivity contribution in [2.45, 2.75) is 31.8 Å². The molecule has 0 radical (unpaired) electrons. The second kappa shape index (κ2) is 11.4. The number of esters is 1. The summed E-state index contributed by atoms with van der Waals surface area (Å²) in [5.41, 5.74) is 2.36. The lowest BCUT2D eigenvalue weighted by Crippen LogP contribution is -2.54. The van der Waals surface area contributed by atoms with Gasteiger partial charge in [-0.1, -0.05) is 97.9 Å². The lowest BCUT2D eigenvalue weighted by Gasteiger charge is -2.39. The summed E-state index contributed by atoms with van der Waals surface area (Å²) in [4.78, 5) is 12.9. The first-order valence-corrected chi connectivity index (χ1v) is 10.9. The Hall–Kier alpha value is -2.95. The maximum absolute atomic E-state index is 12.9. The van der Waals surface area contributed by atoms with Gasteiger partial charge in [-0.3, -0.25) is 10.1 Å². The van der Waals surface area contributed by atoms with Crippen molar-refractivity contribution in [1.29, 1.82) is 0 Å². The first-order valence-electron chi connectivity index (χ1n) is 10.9. The van der Waals surface area contributed by atoms with E-state index in [1.165, 1.54) is 0 Å². The number of hydrogen-bond acceptors (Lipinski definition) is 4. The van der Waals surface area contributed by atoms with Gasteiger partial charge >= 0.3 is 5.97 Å². The Balaban J connectivity index is 2.17. The fourth-order valence-corrected chi connectivity index (χ4v) is 3.83. The highest BCUT2D eigenvalue weighted by atomic mass is 16.5. The molecule has 0 aliphatic heterocycles. The van der Waals surface area contributed by atoms with Crippen molar-refractivity contribution >= 4 is 5.97 Å². The molecule has 0 amide bonds. The average Bonchev–Trinajstić information content (AvgIpc) is 2.83. The monoisotopic (exact) mass is 417 g/mol. The van der Waals surface area contributed by atoms with Crippen molar-refractivity contribution < 1.29 is 14.3 Å². The molecule has 0 saturated heterocycles. The van der Waals surface area contributed by atoms with E-state index in [2.05, 4.69) is 48.6 Å². The number of carbonyl (C=O) groups excluding carboxylic acids is 1. The van der Waals surface area contributed by atoms with Crippen LogP contribution in [-0.4, -0.2) is 31.8 Å². The summed E-state index contributed by atoms with van der Waals surface area (Å²) in [6.07, 6.45) is 0.886. The molecule has 4 nitrogen and oxygen atoms in total. The van der Waals surface area contributed by atoms with Crippen molar-refractivity contribution in [3.63, 3.8) is 0 Å². The summed E-state index contributed by atoms with van der Waals surface area (Å²) < 4.78 is 11.2. The molecule has 0 fully saturated rings. The Morgan fingerprint density at radius 1 is 0.806 bits per heavy atom. The van der Waals surface area contributed by atoms with Gasteiger partial charge in [-0.15, -0.1) is 0 Å². The van der Waals surface area contributed by atoms with Gasteiger partial charge in [-0.25, -0.2) is 0 Å². The summed E-state index contributed by atoms with van der Waals surface area (Å²) in [6.45, 7) is 5.02. The van der Waals surface area contributed by atoms with Gasteiger partial charge in [0.25, 0.3) is 0 Å². The van der Waals surface area contributed by atoms with Crippen LogP contribution in [0.1, 0.15) is 37.0 Å². The lowest BCUT2D eigenvalue weighted by atomic mass is 9.76. The zero-order valence-electron chi connectivity index (χ0n) is 18.3. The number of benzene rings is 3. The van der Waals surface area contributed by atoms with Crippen LogP contribution < -0.4 is 5.32 Å². The molecule has 31 heavy (non-hydrogen) atoms. The van der Waals surface area contributed by atoms with Crippen LogP contribution in [0.15, 0.2) is 91.0 Å². The molecular weight excluding hydrogens is 386 g/mol. The van der Waals surface area contributed by atoms with Crippen LogP contribution in [0, 0.1) is 0 Å². The summed E-state index contributed by atoms with van der Waals surface area (Å²) in [5, 5.41) is 3.66. The van der Waals surface area contributed by atoms with Crippen LogP contribution in [0.5, 0.6) is 0 Å². The molecule has 0 aromatic heterocycles. The Bertz CT molecular complexity index is 816. The Kier molecular flexibility index (Phi) is 8.39. The SMILES string of the molecule is CCCOC[C@H](NC(c1ccccc1)(c1ccccc1)c1ccccc1)C(=O)OCC. The molecule has 3 aromatic rings. The van der Waals surface area contributed by atoms with Crippen molar-refractivity contribution in [1.82, 2.24) is 5.32 Å². The second-order valence-corrected chi connectivity index (χ2v) is 7.37. The molecular formula is C27H31NO3. The van der Waals surface area contributed by atoms with E-state index in [-0.39, 0.29) is 12.6 Å². The minimum atomic E-state index is -0.753. The van der Waals surface area contributed by atoms with Crippen molar-refractivity contribution in [3.8, 4) is 0 Å².